The highest BCUT2D eigenvalue weighted by Gasteiger charge is 2.24. The molecule has 30 heavy (non-hydrogen) atoms. The van der Waals surface area contributed by atoms with E-state index in [1.54, 1.807) is 0 Å². The number of hydrogen-bond donors (Lipinski definition) is 1. The van der Waals surface area contributed by atoms with Gasteiger partial charge in [0.05, 0.1) is 31.5 Å². The highest BCUT2D eigenvalue weighted by molar-refractivity contribution is 7.10. The number of nitrogens with one attached hydrogen (secondary N) is 1. The second-order valence-electron chi connectivity index (χ2n) is 8.10. The van der Waals surface area contributed by atoms with Gasteiger partial charge in [-0.15, -0.1) is 11.3 Å². The van der Waals surface area contributed by atoms with Gasteiger partial charge in [0.2, 0.25) is 0 Å². The van der Waals surface area contributed by atoms with Crippen LogP contribution in [0.4, 0.5) is 0 Å². The SMILES string of the molecule is CCNC(=NCC(c1cccs1)N1CCOCC1)N(C)Cc1cn(C)nc1C(C)C. The molecule has 3 heterocycles. The molecule has 0 amide bonds. The fraction of sp³-hybridized carbons (Fsp3) is 0.636. The quantitative estimate of drug-likeness (QED) is 0.513. The van der Waals surface area contributed by atoms with E-state index in [1.807, 2.05) is 23.1 Å². The zero-order chi connectivity index (χ0) is 21.5. The maximum absolute atomic E-state index is 5.57. The van der Waals surface area contributed by atoms with E-state index >= 15 is 0 Å². The zero-order valence-electron chi connectivity index (χ0n) is 19.0. The highest BCUT2D eigenvalue weighted by Crippen LogP contribution is 2.26. The number of aromatic nitrogens is 2. The first-order valence-electron chi connectivity index (χ1n) is 10.9. The number of hydrogen-bond acceptors (Lipinski definition) is 5. The molecule has 0 bridgehead atoms. The lowest BCUT2D eigenvalue weighted by atomic mass is 10.1. The second-order valence-corrected chi connectivity index (χ2v) is 9.08. The molecule has 0 aromatic carbocycles. The summed E-state index contributed by atoms with van der Waals surface area (Å²) in [7, 11) is 4.09. The predicted octanol–water partition coefficient (Wildman–Crippen LogP) is 3.08. The average molecular weight is 433 g/mol. The smallest absolute Gasteiger partial charge is 0.194 e. The minimum Gasteiger partial charge on any atom is -0.379 e. The minimum absolute atomic E-state index is 0.292. The molecular formula is C22H36N6OS. The van der Waals surface area contributed by atoms with Crippen LogP contribution in [0.25, 0.3) is 0 Å². The van der Waals surface area contributed by atoms with Crippen LogP contribution in [0.15, 0.2) is 28.7 Å². The van der Waals surface area contributed by atoms with Crippen molar-refractivity contribution in [1.29, 1.82) is 0 Å². The summed E-state index contributed by atoms with van der Waals surface area (Å²) in [6.45, 7) is 12.4. The van der Waals surface area contributed by atoms with Crippen molar-refractivity contribution < 1.29 is 4.74 Å². The Labute approximate surface area is 184 Å². The van der Waals surface area contributed by atoms with E-state index < -0.39 is 0 Å². The Morgan fingerprint density at radius 2 is 2.13 bits per heavy atom. The van der Waals surface area contributed by atoms with Crippen LogP contribution in [-0.2, 0) is 18.3 Å². The van der Waals surface area contributed by atoms with Gasteiger partial charge in [-0.1, -0.05) is 19.9 Å². The maximum atomic E-state index is 5.57. The molecule has 0 aliphatic carbocycles. The van der Waals surface area contributed by atoms with Crippen molar-refractivity contribution in [2.75, 3.05) is 46.4 Å². The summed E-state index contributed by atoms with van der Waals surface area (Å²) < 4.78 is 7.48. The van der Waals surface area contributed by atoms with E-state index in [-0.39, 0.29) is 0 Å². The maximum Gasteiger partial charge on any atom is 0.194 e. The van der Waals surface area contributed by atoms with Crippen LogP contribution in [0, 0.1) is 0 Å². The molecule has 0 radical (unpaired) electrons. The first-order valence-corrected chi connectivity index (χ1v) is 11.7. The Balaban J connectivity index is 1.76. The van der Waals surface area contributed by atoms with Crippen LogP contribution in [0.2, 0.25) is 0 Å². The Kier molecular flexibility index (Phi) is 8.30. The third kappa shape index (κ3) is 5.83. The predicted molar refractivity (Wildman–Crippen MR) is 124 cm³/mol. The lowest BCUT2D eigenvalue weighted by Gasteiger charge is -2.33. The van der Waals surface area contributed by atoms with Crippen LogP contribution < -0.4 is 5.32 Å². The van der Waals surface area contributed by atoms with E-state index in [9.17, 15) is 0 Å². The number of nitrogens with zero attached hydrogens (tertiary/aromatic N) is 5. The summed E-state index contributed by atoms with van der Waals surface area (Å²) in [4.78, 5) is 11.1. The van der Waals surface area contributed by atoms with Crippen LogP contribution in [0.5, 0.6) is 0 Å². The number of ether oxygens (including phenoxy) is 1. The van der Waals surface area contributed by atoms with Gasteiger partial charge in [-0.2, -0.15) is 5.10 Å². The Bertz CT molecular complexity index is 795. The number of rotatable bonds is 8. The number of aryl methyl sites for hydroxylation is 1. The molecule has 2 aromatic heterocycles. The van der Waals surface area contributed by atoms with Crippen molar-refractivity contribution >= 4 is 17.3 Å². The molecule has 1 aliphatic heterocycles. The van der Waals surface area contributed by atoms with Crippen molar-refractivity contribution in [1.82, 2.24) is 24.9 Å². The van der Waals surface area contributed by atoms with Gasteiger partial charge in [0.15, 0.2) is 5.96 Å². The van der Waals surface area contributed by atoms with Crippen molar-refractivity contribution in [3.8, 4) is 0 Å². The summed E-state index contributed by atoms with van der Waals surface area (Å²) in [5.74, 6) is 1.34. The number of morpholine rings is 1. The van der Waals surface area contributed by atoms with Crippen molar-refractivity contribution in [2.45, 2.75) is 39.3 Å². The van der Waals surface area contributed by atoms with Gasteiger partial charge < -0.3 is 15.0 Å². The van der Waals surface area contributed by atoms with Gasteiger partial charge in [-0.3, -0.25) is 14.6 Å². The molecule has 1 atom stereocenters. The van der Waals surface area contributed by atoms with Crippen LogP contribution in [0.3, 0.4) is 0 Å². The Morgan fingerprint density at radius 3 is 2.77 bits per heavy atom. The lowest BCUT2D eigenvalue weighted by Crippen LogP contribution is -2.42. The third-order valence-corrected chi connectivity index (χ3v) is 6.33. The van der Waals surface area contributed by atoms with E-state index in [1.165, 1.54) is 10.4 Å². The Hall–Kier alpha value is -1.90. The van der Waals surface area contributed by atoms with E-state index in [4.69, 9.17) is 9.73 Å². The van der Waals surface area contributed by atoms with Crippen LogP contribution in [-0.4, -0.2) is 72.0 Å². The van der Waals surface area contributed by atoms with Gasteiger partial charge in [0.25, 0.3) is 0 Å². The first-order chi connectivity index (χ1) is 14.5. The average Bonchev–Trinajstić information content (AvgIpc) is 3.38. The molecule has 3 rings (SSSR count). The number of thiophene rings is 1. The van der Waals surface area contributed by atoms with Crippen molar-refractivity contribution in [3.05, 3.63) is 39.8 Å². The van der Waals surface area contributed by atoms with Gasteiger partial charge in [-0.05, 0) is 24.3 Å². The lowest BCUT2D eigenvalue weighted by molar-refractivity contribution is 0.0186. The van der Waals surface area contributed by atoms with Crippen LogP contribution >= 0.6 is 11.3 Å². The summed E-state index contributed by atoms with van der Waals surface area (Å²) in [6, 6.07) is 4.65. The summed E-state index contributed by atoms with van der Waals surface area (Å²) in [5, 5.41) is 10.3. The minimum atomic E-state index is 0.292. The molecule has 1 N–H and O–H groups in total. The van der Waals surface area contributed by atoms with Gasteiger partial charge in [0.1, 0.15) is 0 Å². The van der Waals surface area contributed by atoms with Crippen LogP contribution in [0.1, 0.15) is 48.9 Å². The molecule has 1 saturated heterocycles. The molecule has 1 aliphatic rings. The Morgan fingerprint density at radius 1 is 1.37 bits per heavy atom. The molecule has 0 spiro atoms. The van der Waals surface area contributed by atoms with Gasteiger partial charge in [-0.25, -0.2) is 0 Å². The largest absolute Gasteiger partial charge is 0.379 e. The molecule has 1 fully saturated rings. The molecule has 2 aromatic rings. The topological polar surface area (TPSA) is 57.9 Å². The standard InChI is InChI=1S/C22H36N6OS/c1-6-23-22(26(4)15-18-16-27(5)25-21(18)17(2)3)24-14-19(20-8-7-13-30-20)28-9-11-29-12-10-28/h7-8,13,16-17,19H,6,9-12,14-15H2,1-5H3,(H,23,24). The molecule has 8 heteroatoms. The normalized spacial score (nSPS) is 16.8. The molecule has 0 saturated carbocycles. The first kappa shape index (κ1) is 22.8. The fourth-order valence-corrected chi connectivity index (χ4v) is 4.74. The second kappa shape index (κ2) is 10.9. The number of guanidine groups is 1. The molecule has 1 unspecified atom stereocenters. The highest BCUT2D eigenvalue weighted by atomic mass is 32.1. The molecular weight excluding hydrogens is 396 g/mol. The molecule has 7 nitrogen and oxygen atoms in total. The van der Waals surface area contributed by atoms with E-state index in [0.29, 0.717) is 12.0 Å². The summed E-state index contributed by atoms with van der Waals surface area (Å²) in [5.41, 5.74) is 2.41. The fourth-order valence-electron chi connectivity index (χ4n) is 3.89. The third-order valence-electron chi connectivity index (χ3n) is 5.36. The monoisotopic (exact) mass is 432 g/mol. The van der Waals surface area contributed by atoms with Gasteiger partial charge in [0, 0.05) is 56.9 Å². The van der Waals surface area contributed by atoms with Gasteiger partial charge >= 0.3 is 0 Å². The van der Waals surface area contributed by atoms with Crippen molar-refractivity contribution in [3.63, 3.8) is 0 Å². The summed E-state index contributed by atoms with van der Waals surface area (Å²) in [6.07, 6.45) is 2.12. The number of aliphatic imine (C=N–C) groups is 1. The van der Waals surface area contributed by atoms with E-state index in [0.717, 1.165) is 57.6 Å². The van der Waals surface area contributed by atoms with Crippen molar-refractivity contribution in [2.24, 2.45) is 12.0 Å². The molecule has 166 valence electrons. The zero-order valence-corrected chi connectivity index (χ0v) is 19.8. The van der Waals surface area contributed by atoms with E-state index in [2.05, 4.69) is 71.7 Å². The summed E-state index contributed by atoms with van der Waals surface area (Å²) >= 11 is 1.81.